The zero-order chi connectivity index (χ0) is 13.1. The molecule has 0 aromatic heterocycles. The molecule has 100 valence electrons. The van der Waals surface area contributed by atoms with Crippen LogP contribution in [0.1, 0.15) is 25.3 Å². The third-order valence-corrected chi connectivity index (χ3v) is 4.00. The quantitative estimate of drug-likeness (QED) is 0.847. The van der Waals surface area contributed by atoms with E-state index in [4.69, 9.17) is 0 Å². The minimum atomic E-state index is 0.124. The fraction of sp³-hybridized carbons (Fsp3) is 0.571. The van der Waals surface area contributed by atoms with E-state index in [-0.39, 0.29) is 12.6 Å². The summed E-state index contributed by atoms with van der Waals surface area (Å²) in [6.45, 7) is 3.09. The van der Waals surface area contributed by atoms with E-state index in [1.165, 1.54) is 24.1 Å². The molecule has 1 aliphatic carbocycles. The van der Waals surface area contributed by atoms with Crippen molar-refractivity contribution in [1.29, 1.82) is 0 Å². The maximum absolute atomic E-state index is 9.29. The van der Waals surface area contributed by atoms with Crippen molar-refractivity contribution in [2.24, 2.45) is 0 Å². The number of nitrogens with one attached hydrogen (secondary N) is 1. The summed E-state index contributed by atoms with van der Waals surface area (Å²) in [5, 5.41) is 12.8. The van der Waals surface area contributed by atoms with Gasteiger partial charge >= 0.3 is 0 Å². The maximum Gasteiger partial charge on any atom is 0.0632 e. The largest absolute Gasteiger partial charge is 0.394 e. The molecule has 4 heteroatoms. The lowest BCUT2D eigenvalue weighted by molar-refractivity contribution is 0.270. The molecule has 0 radical (unpaired) electrons. The first-order valence-electron chi connectivity index (χ1n) is 6.47. The molecule has 1 aromatic rings. The number of aliphatic hydroxyl groups excluding tert-OH is 1. The Hall–Kier alpha value is -0.580. The standard InChI is InChI=1S/C14H21BrN2O/c1-10(9-18)17(2)14-7-12(15)4-3-11(14)8-16-13-5-6-13/h3-4,7,10,13,16,18H,5-6,8-9H2,1-2H3. The minimum Gasteiger partial charge on any atom is -0.394 e. The average molecular weight is 313 g/mol. The lowest BCUT2D eigenvalue weighted by Gasteiger charge is -2.28. The van der Waals surface area contributed by atoms with Gasteiger partial charge in [-0.15, -0.1) is 0 Å². The molecule has 1 aliphatic rings. The summed E-state index contributed by atoms with van der Waals surface area (Å²) in [5.41, 5.74) is 2.46. The lowest BCUT2D eigenvalue weighted by atomic mass is 10.1. The van der Waals surface area contributed by atoms with Gasteiger partial charge in [-0.3, -0.25) is 0 Å². The van der Waals surface area contributed by atoms with Crippen molar-refractivity contribution in [3.05, 3.63) is 28.2 Å². The number of hydrogen-bond acceptors (Lipinski definition) is 3. The molecule has 1 aromatic carbocycles. The molecule has 0 amide bonds. The highest BCUT2D eigenvalue weighted by molar-refractivity contribution is 9.10. The topological polar surface area (TPSA) is 35.5 Å². The van der Waals surface area contributed by atoms with Crippen molar-refractivity contribution in [2.75, 3.05) is 18.6 Å². The van der Waals surface area contributed by atoms with Crippen LogP contribution in [-0.2, 0) is 6.54 Å². The number of aliphatic hydroxyl groups is 1. The van der Waals surface area contributed by atoms with Crippen molar-refractivity contribution in [1.82, 2.24) is 5.32 Å². The van der Waals surface area contributed by atoms with Crippen molar-refractivity contribution in [3.63, 3.8) is 0 Å². The molecule has 0 spiro atoms. The molecule has 2 rings (SSSR count). The molecule has 1 atom stereocenters. The second-order valence-corrected chi connectivity index (χ2v) is 5.99. The predicted molar refractivity (Wildman–Crippen MR) is 79.0 cm³/mol. The third-order valence-electron chi connectivity index (χ3n) is 3.51. The first kappa shape index (κ1) is 13.8. The summed E-state index contributed by atoms with van der Waals surface area (Å²) in [6, 6.07) is 7.18. The van der Waals surface area contributed by atoms with E-state index in [1.54, 1.807) is 0 Å². The van der Waals surface area contributed by atoms with Gasteiger partial charge in [0, 0.05) is 35.8 Å². The van der Waals surface area contributed by atoms with E-state index in [0.29, 0.717) is 6.04 Å². The molecule has 18 heavy (non-hydrogen) atoms. The Kier molecular flexibility index (Phi) is 4.65. The average Bonchev–Trinajstić information content (AvgIpc) is 3.19. The normalized spacial score (nSPS) is 16.7. The number of hydrogen-bond donors (Lipinski definition) is 2. The second kappa shape index (κ2) is 6.04. The number of anilines is 1. The smallest absolute Gasteiger partial charge is 0.0632 e. The van der Waals surface area contributed by atoms with Crippen LogP contribution in [0.15, 0.2) is 22.7 Å². The highest BCUT2D eigenvalue weighted by atomic mass is 79.9. The van der Waals surface area contributed by atoms with Crippen molar-refractivity contribution in [2.45, 2.75) is 38.4 Å². The van der Waals surface area contributed by atoms with E-state index in [2.05, 4.69) is 44.3 Å². The lowest BCUT2D eigenvalue weighted by Crippen LogP contribution is -2.33. The molecular weight excluding hydrogens is 292 g/mol. The molecule has 0 heterocycles. The van der Waals surface area contributed by atoms with Gasteiger partial charge < -0.3 is 15.3 Å². The zero-order valence-electron chi connectivity index (χ0n) is 11.0. The Morgan fingerprint density at radius 3 is 2.83 bits per heavy atom. The molecule has 0 aliphatic heterocycles. The SMILES string of the molecule is CC(CO)N(C)c1cc(Br)ccc1CNC1CC1. The van der Waals surface area contributed by atoms with E-state index in [0.717, 1.165) is 11.0 Å². The zero-order valence-corrected chi connectivity index (χ0v) is 12.6. The summed E-state index contributed by atoms with van der Waals surface area (Å²) in [7, 11) is 2.03. The summed E-state index contributed by atoms with van der Waals surface area (Å²) in [5.74, 6) is 0. The van der Waals surface area contributed by atoms with Crippen LogP contribution in [0.2, 0.25) is 0 Å². The van der Waals surface area contributed by atoms with Gasteiger partial charge in [0.15, 0.2) is 0 Å². The van der Waals surface area contributed by atoms with Gasteiger partial charge in [-0.2, -0.15) is 0 Å². The molecular formula is C14H21BrN2O. The summed E-state index contributed by atoms with van der Waals surface area (Å²) >= 11 is 3.52. The molecule has 1 unspecified atom stereocenters. The van der Waals surface area contributed by atoms with E-state index in [1.807, 2.05) is 14.0 Å². The van der Waals surface area contributed by atoms with Crippen LogP contribution in [0.3, 0.4) is 0 Å². The van der Waals surface area contributed by atoms with Crippen LogP contribution < -0.4 is 10.2 Å². The summed E-state index contributed by atoms with van der Waals surface area (Å²) < 4.78 is 1.07. The monoisotopic (exact) mass is 312 g/mol. The Balaban J connectivity index is 2.15. The Labute approximate surface area is 117 Å². The van der Waals surface area contributed by atoms with Gasteiger partial charge in [-0.25, -0.2) is 0 Å². The Morgan fingerprint density at radius 1 is 1.50 bits per heavy atom. The minimum absolute atomic E-state index is 0.124. The molecule has 0 bridgehead atoms. The Bertz CT molecular complexity index is 407. The van der Waals surface area contributed by atoms with E-state index in [9.17, 15) is 5.11 Å². The van der Waals surface area contributed by atoms with Gasteiger partial charge in [-0.05, 0) is 37.5 Å². The van der Waals surface area contributed by atoms with Crippen molar-refractivity contribution in [3.8, 4) is 0 Å². The number of likely N-dealkylation sites (N-methyl/N-ethyl adjacent to an activating group) is 1. The van der Waals surface area contributed by atoms with Crippen LogP contribution in [0, 0.1) is 0 Å². The highest BCUT2D eigenvalue weighted by Gasteiger charge is 2.21. The van der Waals surface area contributed by atoms with Gasteiger partial charge in [0.1, 0.15) is 0 Å². The van der Waals surface area contributed by atoms with Crippen LogP contribution in [-0.4, -0.2) is 30.8 Å². The summed E-state index contributed by atoms with van der Waals surface area (Å²) in [6.07, 6.45) is 2.60. The fourth-order valence-electron chi connectivity index (χ4n) is 1.92. The number of nitrogens with zero attached hydrogens (tertiary/aromatic N) is 1. The summed E-state index contributed by atoms with van der Waals surface area (Å²) in [4.78, 5) is 2.13. The molecule has 1 fully saturated rings. The number of benzene rings is 1. The first-order chi connectivity index (χ1) is 8.61. The van der Waals surface area contributed by atoms with Crippen LogP contribution in [0.25, 0.3) is 0 Å². The van der Waals surface area contributed by atoms with Crippen molar-refractivity contribution >= 4 is 21.6 Å². The van der Waals surface area contributed by atoms with Crippen LogP contribution in [0.4, 0.5) is 5.69 Å². The van der Waals surface area contributed by atoms with Gasteiger partial charge in [0.25, 0.3) is 0 Å². The predicted octanol–water partition coefficient (Wildman–Crippen LogP) is 2.52. The van der Waals surface area contributed by atoms with Crippen molar-refractivity contribution < 1.29 is 5.11 Å². The Morgan fingerprint density at radius 2 is 2.22 bits per heavy atom. The van der Waals surface area contributed by atoms with Crippen LogP contribution >= 0.6 is 15.9 Å². The third kappa shape index (κ3) is 3.46. The van der Waals surface area contributed by atoms with Gasteiger partial charge in [-0.1, -0.05) is 22.0 Å². The van der Waals surface area contributed by atoms with Gasteiger partial charge in [0.05, 0.1) is 6.61 Å². The van der Waals surface area contributed by atoms with E-state index < -0.39 is 0 Å². The first-order valence-corrected chi connectivity index (χ1v) is 7.26. The number of rotatable bonds is 6. The maximum atomic E-state index is 9.29. The molecule has 1 saturated carbocycles. The highest BCUT2D eigenvalue weighted by Crippen LogP contribution is 2.27. The molecule has 3 nitrogen and oxygen atoms in total. The second-order valence-electron chi connectivity index (χ2n) is 5.07. The van der Waals surface area contributed by atoms with Gasteiger partial charge in [0.2, 0.25) is 0 Å². The molecule has 0 saturated heterocycles. The number of halogens is 1. The van der Waals surface area contributed by atoms with E-state index >= 15 is 0 Å². The van der Waals surface area contributed by atoms with Crippen LogP contribution in [0.5, 0.6) is 0 Å². The molecule has 2 N–H and O–H groups in total. The fourth-order valence-corrected chi connectivity index (χ4v) is 2.27.